The molecule has 0 spiro atoms. The second-order valence-electron chi connectivity index (χ2n) is 10.2. The van der Waals surface area contributed by atoms with Crippen LogP contribution in [0, 0.1) is 0 Å². The zero-order valence-corrected chi connectivity index (χ0v) is 22.9. The van der Waals surface area contributed by atoms with Gasteiger partial charge >= 0.3 is 6.03 Å². The second kappa shape index (κ2) is 11.4. The van der Waals surface area contributed by atoms with Crippen LogP contribution < -0.4 is 16.4 Å². The number of rotatable bonds is 7. The number of nitrogens with one attached hydrogen (secondary N) is 3. The number of benzene rings is 3. The number of para-hydroxylation sites is 1. The number of piperazine rings is 1. The average molecular weight is 569 g/mol. The van der Waals surface area contributed by atoms with Crippen LogP contribution in [0.5, 0.6) is 0 Å². The Bertz CT molecular complexity index is 1720. The molecule has 0 bridgehead atoms. The van der Waals surface area contributed by atoms with E-state index in [4.69, 9.17) is 17.3 Å². The van der Waals surface area contributed by atoms with Gasteiger partial charge in [-0.2, -0.15) is 0 Å². The molecule has 6 rings (SSSR count). The summed E-state index contributed by atoms with van der Waals surface area (Å²) in [5.74, 6) is 0.393. The largest absolute Gasteiger partial charge is 0.383 e. The smallest absolute Gasteiger partial charge is 0.319 e. The Hall–Kier alpha value is -4.67. The maximum atomic E-state index is 13.6. The number of H-pyrrole nitrogens is 1. The van der Waals surface area contributed by atoms with Crippen LogP contribution in [0.25, 0.3) is 21.8 Å². The molecule has 3 aromatic carbocycles. The fourth-order valence-corrected chi connectivity index (χ4v) is 5.46. The number of urea groups is 1. The number of fused-ring (bicyclic) bond motifs is 2. The quantitative estimate of drug-likeness (QED) is 0.230. The lowest BCUT2D eigenvalue weighted by Gasteiger charge is -2.41. The molecule has 0 saturated carbocycles. The molecule has 2 aromatic heterocycles. The van der Waals surface area contributed by atoms with Crippen LogP contribution >= 0.6 is 11.6 Å². The van der Waals surface area contributed by atoms with E-state index >= 15 is 0 Å². The van der Waals surface area contributed by atoms with E-state index in [-0.39, 0.29) is 31.1 Å². The number of nitrogen functional groups attached to an aromatic ring is 1. The van der Waals surface area contributed by atoms with Gasteiger partial charge < -0.3 is 26.3 Å². The minimum Gasteiger partial charge on any atom is -0.383 e. The van der Waals surface area contributed by atoms with Gasteiger partial charge in [0.2, 0.25) is 5.91 Å². The highest BCUT2D eigenvalue weighted by Gasteiger charge is 2.33. The van der Waals surface area contributed by atoms with Crippen molar-refractivity contribution in [2.45, 2.75) is 19.1 Å². The zero-order chi connectivity index (χ0) is 28.3. The Labute approximate surface area is 241 Å². The van der Waals surface area contributed by atoms with E-state index < -0.39 is 0 Å². The third-order valence-corrected chi connectivity index (χ3v) is 7.47. The second-order valence-corrected chi connectivity index (χ2v) is 10.6. The van der Waals surface area contributed by atoms with Crippen molar-refractivity contribution in [1.82, 2.24) is 30.1 Å². The van der Waals surface area contributed by atoms with Crippen molar-refractivity contribution in [2.75, 3.05) is 30.7 Å². The van der Waals surface area contributed by atoms with Gasteiger partial charge in [-0.15, -0.1) is 0 Å². The first-order valence-corrected chi connectivity index (χ1v) is 13.7. The Morgan fingerprint density at radius 1 is 1.05 bits per heavy atom. The summed E-state index contributed by atoms with van der Waals surface area (Å²) >= 11 is 6.16. The van der Waals surface area contributed by atoms with Gasteiger partial charge in [-0.3, -0.25) is 9.69 Å². The summed E-state index contributed by atoms with van der Waals surface area (Å²) in [6, 6.07) is 22.2. The Morgan fingerprint density at radius 3 is 2.76 bits per heavy atom. The molecule has 41 heavy (non-hydrogen) atoms. The summed E-state index contributed by atoms with van der Waals surface area (Å²) in [6.45, 7) is 2.06. The lowest BCUT2D eigenvalue weighted by Crippen LogP contribution is -2.59. The highest BCUT2D eigenvalue weighted by atomic mass is 35.5. The van der Waals surface area contributed by atoms with Gasteiger partial charge in [0.25, 0.3) is 0 Å². The molecule has 0 aliphatic carbocycles. The van der Waals surface area contributed by atoms with Gasteiger partial charge in [0.15, 0.2) is 0 Å². The molecule has 1 saturated heterocycles. The Morgan fingerprint density at radius 2 is 1.90 bits per heavy atom. The minimum atomic E-state index is -0.328. The summed E-state index contributed by atoms with van der Waals surface area (Å²) in [5, 5.41) is 8.26. The van der Waals surface area contributed by atoms with Gasteiger partial charge in [0.05, 0.1) is 18.1 Å². The summed E-state index contributed by atoms with van der Waals surface area (Å²) in [5.41, 5.74) is 10.3. The van der Waals surface area contributed by atoms with Crippen LogP contribution in [-0.2, 0) is 17.9 Å². The van der Waals surface area contributed by atoms with Crippen molar-refractivity contribution in [1.29, 1.82) is 0 Å². The van der Waals surface area contributed by atoms with Crippen molar-refractivity contribution in [3.05, 3.63) is 95.4 Å². The van der Waals surface area contributed by atoms with E-state index in [1.165, 1.54) is 6.33 Å². The molecule has 3 heterocycles. The van der Waals surface area contributed by atoms with E-state index in [0.717, 1.165) is 33.1 Å². The summed E-state index contributed by atoms with van der Waals surface area (Å²) in [6.07, 6.45) is 1.43. The molecule has 11 heteroatoms. The van der Waals surface area contributed by atoms with Crippen molar-refractivity contribution < 1.29 is 9.59 Å². The molecule has 10 nitrogen and oxygen atoms in total. The molecular weight excluding hydrogens is 540 g/mol. The Balaban J connectivity index is 1.20. The number of carbonyl (C=O) groups excluding carboxylic acids is 2. The fraction of sp³-hybridized carbons (Fsp3) is 0.200. The number of aromatic nitrogens is 3. The van der Waals surface area contributed by atoms with Crippen molar-refractivity contribution in [2.24, 2.45) is 0 Å². The molecule has 0 radical (unpaired) electrons. The lowest BCUT2D eigenvalue weighted by atomic mass is 10.1. The number of hydrogen-bond donors (Lipinski definition) is 4. The third-order valence-electron chi connectivity index (χ3n) is 7.24. The maximum absolute atomic E-state index is 13.6. The molecule has 0 unspecified atom stereocenters. The van der Waals surface area contributed by atoms with Gasteiger partial charge in [-0.25, -0.2) is 14.8 Å². The van der Waals surface area contributed by atoms with Crippen molar-refractivity contribution in [3.8, 4) is 0 Å². The molecule has 1 atom stereocenters. The molecular formula is C30H29ClN8O2. The molecule has 5 aromatic rings. The van der Waals surface area contributed by atoms with Crippen LogP contribution in [0.4, 0.5) is 16.3 Å². The first-order valence-electron chi connectivity index (χ1n) is 13.3. The summed E-state index contributed by atoms with van der Waals surface area (Å²) in [4.78, 5) is 42.0. The van der Waals surface area contributed by atoms with Gasteiger partial charge in [0, 0.05) is 58.9 Å². The average Bonchev–Trinajstić information content (AvgIpc) is 3.35. The number of carbonyl (C=O) groups is 2. The monoisotopic (exact) mass is 568 g/mol. The van der Waals surface area contributed by atoms with E-state index in [0.29, 0.717) is 36.2 Å². The number of anilines is 2. The first-order chi connectivity index (χ1) is 19.9. The maximum Gasteiger partial charge on any atom is 0.319 e. The number of aromatic amines is 1. The van der Waals surface area contributed by atoms with Gasteiger partial charge in [-0.05, 0) is 54.1 Å². The highest BCUT2D eigenvalue weighted by Crippen LogP contribution is 2.24. The number of halogens is 1. The number of amides is 3. The lowest BCUT2D eigenvalue weighted by molar-refractivity contribution is -0.140. The van der Waals surface area contributed by atoms with Crippen molar-refractivity contribution in [3.63, 3.8) is 0 Å². The molecule has 1 aliphatic rings. The van der Waals surface area contributed by atoms with Crippen molar-refractivity contribution >= 4 is 56.9 Å². The van der Waals surface area contributed by atoms with E-state index in [1.807, 2.05) is 71.6 Å². The van der Waals surface area contributed by atoms with Crippen LogP contribution in [0.2, 0.25) is 5.02 Å². The fourth-order valence-electron chi connectivity index (χ4n) is 5.27. The van der Waals surface area contributed by atoms with Crippen LogP contribution in [0.1, 0.15) is 11.3 Å². The zero-order valence-electron chi connectivity index (χ0n) is 22.2. The summed E-state index contributed by atoms with van der Waals surface area (Å²) < 4.78 is 0. The van der Waals surface area contributed by atoms with Crippen LogP contribution in [0.3, 0.4) is 0 Å². The number of nitrogens with zero attached hydrogens (tertiary/aromatic N) is 4. The highest BCUT2D eigenvalue weighted by molar-refractivity contribution is 6.31. The van der Waals surface area contributed by atoms with Gasteiger partial charge in [-0.1, -0.05) is 35.9 Å². The van der Waals surface area contributed by atoms with Gasteiger partial charge in [0.1, 0.15) is 12.1 Å². The standard InChI is InChI=1S/C30H29ClN8O2/c31-21-7-9-26-20(11-21)12-23(36-26)15-38-16-24(13-33-30(41)37-22-4-2-1-3-5-22)39(28(40)17-38)14-19-6-8-25-27(10-19)34-18-35-29(25)32/h1-12,18,24,36H,13-17H2,(H2,32,34,35)(H2,33,37,41)/t24-/m0/s1. The Kier molecular flexibility index (Phi) is 7.41. The predicted octanol–water partition coefficient (Wildman–Crippen LogP) is 4.38. The molecule has 1 fully saturated rings. The first kappa shape index (κ1) is 26.5. The SMILES string of the molecule is Nc1ncnc2cc(CN3C(=O)CN(Cc4cc5cc(Cl)ccc5[nH]4)C[C@@H]3CNC(=O)Nc3ccccc3)ccc12. The van der Waals surface area contributed by atoms with E-state index in [2.05, 4.69) is 36.6 Å². The topological polar surface area (TPSA) is 132 Å². The third kappa shape index (κ3) is 6.08. The molecule has 208 valence electrons. The number of nitrogens with two attached hydrogens (primary N) is 1. The normalized spacial score (nSPS) is 15.9. The molecule has 5 N–H and O–H groups in total. The van der Waals surface area contributed by atoms with E-state index in [1.54, 1.807) is 0 Å². The van der Waals surface area contributed by atoms with Crippen LogP contribution in [-0.4, -0.2) is 62.4 Å². The van der Waals surface area contributed by atoms with E-state index in [9.17, 15) is 9.59 Å². The molecule has 3 amide bonds. The minimum absolute atomic E-state index is 0.0204. The van der Waals surface area contributed by atoms with Crippen LogP contribution in [0.15, 0.2) is 79.1 Å². The summed E-state index contributed by atoms with van der Waals surface area (Å²) in [7, 11) is 0. The predicted molar refractivity (Wildman–Crippen MR) is 160 cm³/mol. The number of hydrogen-bond acceptors (Lipinski definition) is 6. The molecule has 1 aliphatic heterocycles.